The van der Waals surface area contributed by atoms with Crippen LogP contribution in [-0.4, -0.2) is 46.7 Å². The van der Waals surface area contributed by atoms with E-state index in [0.717, 1.165) is 6.42 Å². The molecule has 148 valence electrons. The lowest BCUT2D eigenvalue weighted by Crippen LogP contribution is -2.30. The molecular weight excluding hydrogens is 356 g/mol. The number of benzene rings is 1. The number of amides is 1. The molecule has 0 bridgehead atoms. The van der Waals surface area contributed by atoms with Crippen molar-refractivity contribution in [3.8, 4) is 5.75 Å². The maximum Gasteiger partial charge on any atom is 0.257 e. The molecule has 1 amide bonds. The van der Waals surface area contributed by atoms with Crippen LogP contribution in [0.1, 0.15) is 34.1 Å². The topological polar surface area (TPSA) is 93.7 Å². The summed E-state index contributed by atoms with van der Waals surface area (Å²) in [6.07, 6.45) is 0.918. The monoisotopic (exact) mass is 386 g/mol. The number of sulfonamides is 1. The van der Waals surface area contributed by atoms with Gasteiger partial charge in [0.25, 0.3) is 5.91 Å². The summed E-state index contributed by atoms with van der Waals surface area (Å²) in [5.41, 5.74) is 0. The SMILES string of the molecule is CC(C)CNS(=O)(=O)c1ccc(OCC(=O)NCCCOC(C)C)cc1. The van der Waals surface area contributed by atoms with Gasteiger partial charge in [0.15, 0.2) is 6.61 Å². The molecule has 2 N–H and O–H groups in total. The van der Waals surface area contributed by atoms with Crippen molar-refractivity contribution in [1.29, 1.82) is 0 Å². The molecule has 26 heavy (non-hydrogen) atoms. The van der Waals surface area contributed by atoms with Gasteiger partial charge in [-0.2, -0.15) is 0 Å². The molecule has 8 heteroatoms. The van der Waals surface area contributed by atoms with Crippen molar-refractivity contribution in [1.82, 2.24) is 10.0 Å². The van der Waals surface area contributed by atoms with E-state index in [-0.39, 0.29) is 29.4 Å². The standard InChI is InChI=1S/C18H30N2O5S/c1-14(2)12-20-26(22,23)17-8-6-16(7-9-17)25-13-18(21)19-10-5-11-24-15(3)4/h6-9,14-15,20H,5,10-13H2,1-4H3,(H,19,21). The lowest BCUT2D eigenvalue weighted by Gasteiger charge is -2.11. The number of carbonyl (C=O) groups excluding carboxylic acids is 1. The molecule has 0 unspecified atom stereocenters. The molecule has 0 heterocycles. The van der Waals surface area contributed by atoms with E-state index in [1.54, 1.807) is 0 Å². The molecule has 7 nitrogen and oxygen atoms in total. The molecule has 0 radical (unpaired) electrons. The van der Waals surface area contributed by atoms with Gasteiger partial charge < -0.3 is 14.8 Å². The van der Waals surface area contributed by atoms with Crippen LogP contribution in [0.5, 0.6) is 5.75 Å². The molecule has 1 aromatic carbocycles. The van der Waals surface area contributed by atoms with Crippen molar-refractivity contribution in [2.24, 2.45) is 5.92 Å². The van der Waals surface area contributed by atoms with E-state index in [2.05, 4.69) is 10.0 Å². The summed E-state index contributed by atoms with van der Waals surface area (Å²) in [6, 6.07) is 5.99. The van der Waals surface area contributed by atoms with Crippen LogP contribution in [0, 0.1) is 5.92 Å². The predicted octanol–water partition coefficient (Wildman–Crippen LogP) is 1.93. The Labute approximate surface area is 156 Å². The van der Waals surface area contributed by atoms with Crippen molar-refractivity contribution >= 4 is 15.9 Å². The Morgan fingerprint density at radius 3 is 2.35 bits per heavy atom. The van der Waals surface area contributed by atoms with Crippen molar-refractivity contribution in [3.63, 3.8) is 0 Å². The number of carbonyl (C=O) groups is 1. The fraction of sp³-hybridized carbons (Fsp3) is 0.611. The normalized spacial score (nSPS) is 11.8. The van der Waals surface area contributed by atoms with Crippen LogP contribution < -0.4 is 14.8 Å². The molecule has 0 aliphatic heterocycles. The number of nitrogens with one attached hydrogen (secondary N) is 2. The van der Waals surface area contributed by atoms with Gasteiger partial charge in [-0.05, 0) is 50.5 Å². The lowest BCUT2D eigenvalue weighted by molar-refractivity contribution is -0.123. The summed E-state index contributed by atoms with van der Waals surface area (Å²) in [4.78, 5) is 11.9. The average Bonchev–Trinajstić information content (AvgIpc) is 2.58. The highest BCUT2D eigenvalue weighted by atomic mass is 32.2. The summed E-state index contributed by atoms with van der Waals surface area (Å²) >= 11 is 0. The molecule has 0 aromatic heterocycles. The Balaban J connectivity index is 2.37. The first-order valence-electron chi connectivity index (χ1n) is 8.81. The summed E-state index contributed by atoms with van der Waals surface area (Å²) in [6.45, 7) is 9.16. The number of rotatable bonds is 12. The summed E-state index contributed by atoms with van der Waals surface area (Å²) in [7, 11) is -3.52. The van der Waals surface area contributed by atoms with Gasteiger partial charge in [-0.15, -0.1) is 0 Å². The first-order valence-corrected chi connectivity index (χ1v) is 10.3. The van der Waals surface area contributed by atoms with Crippen LogP contribution in [0.15, 0.2) is 29.2 Å². The second-order valence-electron chi connectivity index (χ2n) is 6.63. The van der Waals surface area contributed by atoms with E-state index in [4.69, 9.17) is 9.47 Å². The molecule has 0 fully saturated rings. The summed E-state index contributed by atoms with van der Waals surface area (Å²) in [5, 5.41) is 2.74. The van der Waals surface area contributed by atoms with E-state index >= 15 is 0 Å². The van der Waals surface area contributed by atoms with Gasteiger partial charge in [0.05, 0.1) is 11.0 Å². The fourth-order valence-corrected chi connectivity index (χ4v) is 3.11. The summed E-state index contributed by atoms with van der Waals surface area (Å²) in [5.74, 6) is 0.429. The van der Waals surface area contributed by atoms with Crippen LogP contribution in [0.2, 0.25) is 0 Å². The van der Waals surface area contributed by atoms with Crippen molar-refractivity contribution in [2.45, 2.75) is 45.1 Å². The quantitative estimate of drug-likeness (QED) is 0.536. The zero-order valence-corrected chi connectivity index (χ0v) is 16.8. The molecule has 0 spiro atoms. The first kappa shape index (κ1) is 22.4. The van der Waals surface area contributed by atoms with E-state index in [9.17, 15) is 13.2 Å². The maximum atomic E-state index is 12.1. The highest BCUT2D eigenvalue weighted by molar-refractivity contribution is 7.89. The van der Waals surface area contributed by atoms with E-state index < -0.39 is 10.0 Å². The second kappa shape index (κ2) is 11.2. The highest BCUT2D eigenvalue weighted by Crippen LogP contribution is 2.16. The van der Waals surface area contributed by atoms with Crippen molar-refractivity contribution < 1.29 is 22.7 Å². The largest absolute Gasteiger partial charge is 0.484 e. The Morgan fingerprint density at radius 2 is 1.77 bits per heavy atom. The van der Waals surface area contributed by atoms with E-state index in [1.165, 1.54) is 24.3 Å². The molecule has 1 aromatic rings. The predicted molar refractivity (Wildman–Crippen MR) is 101 cm³/mol. The van der Waals surface area contributed by atoms with Gasteiger partial charge in [0.2, 0.25) is 10.0 Å². The fourth-order valence-electron chi connectivity index (χ4n) is 1.89. The highest BCUT2D eigenvalue weighted by Gasteiger charge is 2.14. The third kappa shape index (κ3) is 9.17. The first-order chi connectivity index (χ1) is 12.2. The molecule has 0 atom stereocenters. The van der Waals surface area contributed by atoms with Gasteiger partial charge >= 0.3 is 0 Å². The minimum atomic E-state index is -3.52. The maximum absolute atomic E-state index is 12.1. The van der Waals surface area contributed by atoms with Gasteiger partial charge in [0, 0.05) is 19.7 Å². The van der Waals surface area contributed by atoms with Crippen LogP contribution in [0.4, 0.5) is 0 Å². The number of hydrogen-bond acceptors (Lipinski definition) is 5. The van der Waals surface area contributed by atoms with E-state index in [0.29, 0.717) is 25.4 Å². The van der Waals surface area contributed by atoms with Gasteiger partial charge in [-0.3, -0.25) is 4.79 Å². The average molecular weight is 387 g/mol. The molecule has 0 aliphatic carbocycles. The number of ether oxygens (including phenoxy) is 2. The minimum absolute atomic E-state index is 0.122. The van der Waals surface area contributed by atoms with Crippen LogP contribution >= 0.6 is 0 Å². The second-order valence-corrected chi connectivity index (χ2v) is 8.40. The Hall–Kier alpha value is -1.64. The molecular formula is C18H30N2O5S. The van der Waals surface area contributed by atoms with Crippen molar-refractivity contribution in [2.75, 3.05) is 26.3 Å². The van der Waals surface area contributed by atoms with Crippen molar-refractivity contribution in [3.05, 3.63) is 24.3 Å². The molecule has 0 saturated carbocycles. The van der Waals surface area contributed by atoms with Gasteiger partial charge in [0.1, 0.15) is 5.75 Å². The lowest BCUT2D eigenvalue weighted by atomic mass is 10.2. The smallest absolute Gasteiger partial charge is 0.257 e. The minimum Gasteiger partial charge on any atom is -0.484 e. The third-order valence-electron chi connectivity index (χ3n) is 3.28. The zero-order valence-electron chi connectivity index (χ0n) is 15.9. The molecule has 0 aliphatic rings. The Kier molecular flexibility index (Phi) is 9.61. The van der Waals surface area contributed by atoms with E-state index in [1.807, 2.05) is 27.7 Å². The number of hydrogen-bond donors (Lipinski definition) is 2. The van der Waals surface area contributed by atoms with Gasteiger partial charge in [-0.1, -0.05) is 13.8 Å². The molecule has 0 saturated heterocycles. The zero-order chi connectivity index (χ0) is 19.6. The van der Waals surface area contributed by atoms with Crippen LogP contribution in [0.3, 0.4) is 0 Å². The van der Waals surface area contributed by atoms with Crippen LogP contribution in [-0.2, 0) is 19.6 Å². The molecule has 1 rings (SSSR count). The van der Waals surface area contributed by atoms with Gasteiger partial charge in [-0.25, -0.2) is 13.1 Å². The third-order valence-corrected chi connectivity index (χ3v) is 4.72. The Bertz CT molecular complexity index is 642. The summed E-state index contributed by atoms with van der Waals surface area (Å²) < 4.78 is 37.5. The Morgan fingerprint density at radius 1 is 1.12 bits per heavy atom. The van der Waals surface area contributed by atoms with Crippen LogP contribution in [0.25, 0.3) is 0 Å².